The summed E-state index contributed by atoms with van der Waals surface area (Å²) in [6.07, 6.45) is 0. The largest absolute Gasteiger partial charge is 0.351 e. The van der Waals surface area contributed by atoms with Crippen molar-refractivity contribution in [3.05, 3.63) is 33.9 Å². The highest BCUT2D eigenvalue weighted by Crippen LogP contribution is 2.30. The van der Waals surface area contributed by atoms with Crippen molar-refractivity contribution in [3.63, 3.8) is 0 Å². The molecule has 0 atom stereocenters. The molecule has 1 heterocycles. The van der Waals surface area contributed by atoms with Crippen molar-refractivity contribution in [1.82, 2.24) is 4.98 Å². The number of carbonyl (C=O) groups excluding carboxylic acids is 1. The first-order valence-electron chi connectivity index (χ1n) is 4.07. The van der Waals surface area contributed by atoms with Gasteiger partial charge in [-0.25, -0.2) is 0 Å². The Morgan fingerprint density at radius 1 is 1.36 bits per heavy atom. The van der Waals surface area contributed by atoms with Crippen molar-refractivity contribution >= 4 is 39.9 Å². The van der Waals surface area contributed by atoms with Gasteiger partial charge in [0.2, 0.25) is 0 Å². The van der Waals surface area contributed by atoms with Gasteiger partial charge in [-0.3, -0.25) is 4.79 Å². The SMILES string of the molecule is CC(=O)c1cc2ccc(Cl)c(Cl)c2[nH]1. The maximum Gasteiger partial charge on any atom is 0.175 e. The molecule has 0 aliphatic heterocycles. The van der Waals surface area contributed by atoms with E-state index in [1.165, 1.54) is 6.92 Å². The van der Waals surface area contributed by atoms with Gasteiger partial charge in [0.1, 0.15) is 0 Å². The number of ketones is 1. The molecule has 4 heteroatoms. The van der Waals surface area contributed by atoms with Crippen molar-refractivity contribution < 1.29 is 4.79 Å². The number of halogens is 2. The second-order valence-electron chi connectivity index (χ2n) is 3.06. The second-order valence-corrected chi connectivity index (χ2v) is 3.85. The summed E-state index contributed by atoms with van der Waals surface area (Å²) in [5.74, 6) is -0.0200. The highest BCUT2D eigenvalue weighted by Gasteiger charge is 2.09. The summed E-state index contributed by atoms with van der Waals surface area (Å²) in [5.41, 5.74) is 1.26. The molecule has 2 rings (SSSR count). The fourth-order valence-corrected chi connectivity index (χ4v) is 1.71. The van der Waals surface area contributed by atoms with Gasteiger partial charge in [0, 0.05) is 12.3 Å². The summed E-state index contributed by atoms with van der Waals surface area (Å²) >= 11 is 11.8. The number of aromatic nitrogens is 1. The van der Waals surface area contributed by atoms with Crippen LogP contribution < -0.4 is 0 Å². The van der Waals surface area contributed by atoms with E-state index < -0.39 is 0 Å². The quantitative estimate of drug-likeness (QED) is 0.742. The van der Waals surface area contributed by atoms with Gasteiger partial charge in [0.25, 0.3) is 0 Å². The lowest BCUT2D eigenvalue weighted by atomic mass is 10.2. The van der Waals surface area contributed by atoms with Crippen LogP contribution in [0.1, 0.15) is 17.4 Å². The van der Waals surface area contributed by atoms with Gasteiger partial charge in [0.05, 0.1) is 21.3 Å². The zero-order valence-electron chi connectivity index (χ0n) is 7.40. The van der Waals surface area contributed by atoms with E-state index in [2.05, 4.69) is 4.98 Å². The zero-order chi connectivity index (χ0) is 10.3. The van der Waals surface area contributed by atoms with E-state index >= 15 is 0 Å². The van der Waals surface area contributed by atoms with Crippen molar-refractivity contribution in [2.24, 2.45) is 0 Å². The molecule has 1 aromatic heterocycles. The molecule has 0 radical (unpaired) electrons. The van der Waals surface area contributed by atoms with Crippen molar-refractivity contribution in [3.8, 4) is 0 Å². The number of nitrogens with one attached hydrogen (secondary N) is 1. The Balaban J connectivity index is 2.77. The molecule has 0 saturated carbocycles. The number of Topliss-reactive ketones (excluding diaryl/α,β-unsaturated/α-hetero) is 1. The van der Waals surface area contributed by atoms with Gasteiger partial charge in [0.15, 0.2) is 5.78 Å². The van der Waals surface area contributed by atoms with Crippen LogP contribution >= 0.6 is 23.2 Å². The number of aromatic amines is 1. The van der Waals surface area contributed by atoms with E-state index in [0.717, 1.165) is 5.39 Å². The Bertz CT molecular complexity index is 516. The average molecular weight is 228 g/mol. The van der Waals surface area contributed by atoms with E-state index in [9.17, 15) is 4.79 Å². The third kappa shape index (κ3) is 1.41. The molecule has 1 N–H and O–H groups in total. The molecule has 0 unspecified atom stereocenters. The van der Waals surface area contributed by atoms with Gasteiger partial charge < -0.3 is 4.98 Å². The molecule has 1 aromatic carbocycles. The third-order valence-electron chi connectivity index (χ3n) is 2.07. The molecule has 2 aromatic rings. The molecule has 2 nitrogen and oxygen atoms in total. The third-order valence-corrected chi connectivity index (χ3v) is 2.87. The molecular formula is C10H7Cl2NO. The topological polar surface area (TPSA) is 32.9 Å². The molecule has 0 spiro atoms. The van der Waals surface area contributed by atoms with Crippen LogP contribution in [0.25, 0.3) is 10.9 Å². The summed E-state index contributed by atoms with van der Waals surface area (Å²) in [5, 5.41) is 1.83. The van der Waals surface area contributed by atoms with Crippen LogP contribution in [0.4, 0.5) is 0 Å². The summed E-state index contributed by atoms with van der Waals surface area (Å²) in [6, 6.07) is 5.30. The Morgan fingerprint density at radius 3 is 2.71 bits per heavy atom. The first-order chi connectivity index (χ1) is 6.59. The minimum Gasteiger partial charge on any atom is -0.351 e. The summed E-state index contributed by atoms with van der Waals surface area (Å²) in [6.45, 7) is 1.50. The number of H-pyrrole nitrogens is 1. The molecule has 14 heavy (non-hydrogen) atoms. The average Bonchev–Trinajstić information content (AvgIpc) is 2.56. The first kappa shape index (κ1) is 9.56. The summed E-state index contributed by atoms with van der Waals surface area (Å²) in [7, 11) is 0. The minimum atomic E-state index is -0.0200. The normalized spacial score (nSPS) is 10.8. The van der Waals surface area contributed by atoms with E-state index in [4.69, 9.17) is 23.2 Å². The van der Waals surface area contributed by atoms with Crippen LogP contribution in [0.2, 0.25) is 10.0 Å². The van der Waals surface area contributed by atoms with Crippen molar-refractivity contribution in [2.45, 2.75) is 6.92 Å². The zero-order valence-corrected chi connectivity index (χ0v) is 8.91. The smallest absolute Gasteiger partial charge is 0.175 e. The van der Waals surface area contributed by atoms with Gasteiger partial charge in [-0.1, -0.05) is 29.3 Å². The highest BCUT2D eigenvalue weighted by atomic mass is 35.5. The van der Waals surface area contributed by atoms with Crippen molar-refractivity contribution in [1.29, 1.82) is 0 Å². The predicted molar refractivity (Wildman–Crippen MR) is 58.3 cm³/mol. The van der Waals surface area contributed by atoms with Crippen LogP contribution in [-0.4, -0.2) is 10.8 Å². The Morgan fingerprint density at radius 2 is 2.07 bits per heavy atom. The lowest BCUT2D eigenvalue weighted by Crippen LogP contribution is -1.90. The van der Waals surface area contributed by atoms with E-state index in [1.807, 2.05) is 6.07 Å². The maximum atomic E-state index is 11.1. The minimum absolute atomic E-state index is 0.0200. The molecule has 0 saturated heterocycles. The molecule has 0 bridgehead atoms. The Labute approximate surface area is 90.8 Å². The number of hydrogen-bond acceptors (Lipinski definition) is 1. The lowest BCUT2D eigenvalue weighted by Gasteiger charge is -1.95. The van der Waals surface area contributed by atoms with Gasteiger partial charge in [-0.05, 0) is 12.1 Å². The standard InChI is InChI=1S/C10H7Cl2NO/c1-5(14)8-4-6-2-3-7(11)9(12)10(6)13-8/h2-4,13H,1H3. The molecule has 0 aliphatic rings. The molecule has 0 amide bonds. The van der Waals surface area contributed by atoms with Crippen LogP contribution in [0.15, 0.2) is 18.2 Å². The number of hydrogen-bond donors (Lipinski definition) is 1. The van der Waals surface area contributed by atoms with Crippen LogP contribution in [0.3, 0.4) is 0 Å². The Hall–Kier alpha value is -0.990. The first-order valence-corrected chi connectivity index (χ1v) is 4.83. The highest BCUT2D eigenvalue weighted by molar-refractivity contribution is 6.45. The second kappa shape index (κ2) is 3.30. The monoisotopic (exact) mass is 227 g/mol. The van der Waals surface area contributed by atoms with Crippen LogP contribution in [-0.2, 0) is 0 Å². The maximum absolute atomic E-state index is 11.1. The van der Waals surface area contributed by atoms with E-state index in [0.29, 0.717) is 21.3 Å². The molecule has 0 fully saturated rings. The molecule has 72 valence electrons. The van der Waals surface area contributed by atoms with Crippen molar-refractivity contribution in [2.75, 3.05) is 0 Å². The molecule has 0 aliphatic carbocycles. The number of rotatable bonds is 1. The van der Waals surface area contributed by atoms with Gasteiger partial charge in [-0.2, -0.15) is 0 Å². The van der Waals surface area contributed by atoms with E-state index in [1.54, 1.807) is 12.1 Å². The Kier molecular flexibility index (Phi) is 2.25. The van der Waals surface area contributed by atoms with Crippen LogP contribution in [0, 0.1) is 0 Å². The van der Waals surface area contributed by atoms with Gasteiger partial charge >= 0.3 is 0 Å². The number of benzene rings is 1. The molecular weight excluding hydrogens is 221 g/mol. The lowest BCUT2D eigenvalue weighted by molar-refractivity contribution is 0.101. The van der Waals surface area contributed by atoms with Gasteiger partial charge in [-0.15, -0.1) is 0 Å². The summed E-state index contributed by atoms with van der Waals surface area (Å²) < 4.78 is 0. The number of fused-ring (bicyclic) bond motifs is 1. The van der Waals surface area contributed by atoms with E-state index in [-0.39, 0.29) is 5.78 Å². The summed E-state index contributed by atoms with van der Waals surface area (Å²) in [4.78, 5) is 14.0. The fourth-order valence-electron chi connectivity index (χ4n) is 1.33. The predicted octanol–water partition coefficient (Wildman–Crippen LogP) is 3.68. The van der Waals surface area contributed by atoms with Crippen LogP contribution in [0.5, 0.6) is 0 Å². The fraction of sp³-hybridized carbons (Fsp3) is 0.100. The number of carbonyl (C=O) groups is 1.